The molecule has 2 unspecified atom stereocenters. The van der Waals surface area contributed by atoms with Gasteiger partial charge in [0.25, 0.3) is 0 Å². The molecule has 1 saturated carbocycles. The van der Waals surface area contributed by atoms with Crippen LogP contribution in [0.1, 0.15) is 30.4 Å². The summed E-state index contributed by atoms with van der Waals surface area (Å²) in [4.78, 5) is 0. The summed E-state index contributed by atoms with van der Waals surface area (Å²) in [5, 5.41) is 8.99. The van der Waals surface area contributed by atoms with Gasteiger partial charge in [-0.05, 0) is 30.9 Å². The van der Waals surface area contributed by atoms with E-state index in [0.29, 0.717) is 11.1 Å². The van der Waals surface area contributed by atoms with Crippen LogP contribution in [0.15, 0.2) is 24.3 Å². The Kier molecular flexibility index (Phi) is 4.76. The molecule has 2 rings (SSSR count). The predicted octanol–water partition coefficient (Wildman–Crippen LogP) is 1.55. The van der Waals surface area contributed by atoms with Gasteiger partial charge < -0.3 is 4.74 Å². The first-order chi connectivity index (χ1) is 9.55. The number of nitrogens with zero attached hydrogens (tertiary/aromatic N) is 1. The summed E-state index contributed by atoms with van der Waals surface area (Å²) in [5.74, 6) is -0.177. The van der Waals surface area contributed by atoms with Gasteiger partial charge in [0.2, 0.25) is 10.0 Å². The number of nitriles is 1. The van der Waals surface area contributed by atoms with Crippen LogP contribution < -0.4 is 4.72 Å². The Hall–Kier alpha value is -1.42. The largest absolute Gasteiger partial charge is 0.380 e. The molecule has 0 heterocycles. The highest BCUT2D eigenvalue weighted by molar-refractivity contribution is 7.88. The zero-order valence-corrected chi connectivity index (χ0v) is 12.2. The number of rotatable bonds is 5. The number of hydrogen-bond donors (Lipinski definition) is 1. The molecular weight excluding hydrogens is 276 g/mol. The molecule has 1 N–H and O–H groups in total. The number of benzene rings is 1. The van der Waals surface area contributed by atoms with E-state index in [0.717, 1.165) is 19.3 Å². The number of methoxy groups -OCH3 is 1. The minimum Gasteiger partial charge on any atom is -0.380 e. The van der Waals surface area contributed by atoms with Crippen molar-refractivity contribution in [3.05, 3.63) is 35.4 Å². The van der Waals surface area contributed by atoms with Crippen LogP contribution in [0.25, 0.3) is 0 Å². The highest BCUT2D eigenvalue weighted by Crippen LogP contribution is 2.23. The molecule has 0 aliphatic heterocycles. The first kappa shape index (κ1) is 15.0. The maximum absolute atomic E-state index is 12.2. The lowest BCUT2D eigenvalue weighted by Crippen LogP contribution is -2.41. The van der Waals surface area contributed by atoms with Crippen LogP contribution in [0.5, 0.6) is 0 Å². The number of sulfonamides is 1. The molecule has 1 aliphatic carbocycles. The van der Waals surface area contributed by atoms with Crippen LogP contribution in [0.4, 0.5) is 0 Å². The van der Waals surface area contributed by atoms with Gasteiger partial charge in [-0.15, -0.1) is 0 Å². The van der Waals surface area contributed by atoms with Crippen LogP contribution in [-0.2, 0) is 20.5 Å². The zero-order chi connectivity index (χ0) is 14.6. The lowest BCUT2D eigenvalue weighted by molar-refractivity contribution is 0.0916. The van der Waals surface area contributed by atoms with Crippen molar-refractivity contribution in [2.75, 3.05) is 7.11 Å². The van der Waals surface area contributed by atoms with Gasteiger partial charge in [-0.3, -0.25) is 0 Å². The van der Waals surface area contributed by atoms with Crippen molar-refractivity contribution in [2.24, 2.45) is 0 Å². The van der Waals surface area contributed by atoms with Crippen molar-refractivity contribution in [1.29, 1.82) is 5.26 Å². The predicted molar refractivity (Wildman–Crippen MR) is 75.4 cm³/mol. The maximum atomic E-state index is 12.2. The van der Waals surface area contributed by atoms with Gasteiger partial charge in [-0.2, -0.15) is 5.26 Å². The lowest BCUT2D eigenvalue weighted by Gasteiger charge is -2.19. The quantitative estimate of drug-likeness (QED) is 0.893. The monoisotopic (exact) mass is 294 g/mol. The third-order valence-electron chi connectivity index (χ3n) is 3.57. The molecule has 6 heteroatoms. The topological polar surface area (TPSA) is 79.2 Å². The summed E-state index contributed by atoms with van der Waals surface area (Å²) in [7, 11) is -1.88. The molecule has 1 aliphatic rings. The molecule has 2 atom stereocenters. The van der Waals surface area contributed by atoms with Gasteiger partial charge in [0, 0.05) is 13.2 Å². The van der Waals surface area contributed by atoms with E-state index in [9.17, 15) is 8.42 Å². The Balaban J connectivity index is 2.10. The third kappa shape index (κ3) is 3.57. The molecule has 1 aromatic rings. The molecule has 1 aromatic carbocycles. The smallest absolute Gasteiger partial charge is 0.216 e. The van der Waals surface area contributed by atoms with E-state index < -0.39 is 10.0 Å². The Morgan fingerprint density at radius 2 is 2.15 bits per heavy atom. The Morgan fingerprint density at radius 3 is 2.85 bits per heavy atom. The minimum absolute atomic E-state index is 0.0593. The molecule has 5 nitrogen and oxygen atoms in total. The highest BCUT2D eigenvalue weighted by Gasteiger charge is 2.30. The van der Waals surface area contributed by atoms with Gasteiger partial charge in [-0.25, -0.2) is 13.1 Å². The van der Waals surface area contributed by atoms with Gasteiger partial charge in [0.15, 0.2) is 0 Å². The van der Waals surface area contributed by atoms with E-state index in [1.807, 2.05) is 6.07 Å². The zero-order valence-electron chi connectivity index (χ0n) is 11.4. The second-order valence-corrected chi connectivity index (χ2v) is 6.71. The van der Waals surface area contributed by atoms with Crippen molar-refractivity contribution in [2.45, 2.75) is 37.2 Å². The molecule has 0 spiro atoms. The van der Waals surface area contributed by atoms with Crippen molar-refractivity contribution in [3.63, 3.8) is 0 Å². The number of hydrogen-bond acceptors (Lipinski definition) is 4. The second-order valence-electron chi connectivity index (χ2n) is 4.96. The highest BCUT2D eigenvalue weighted by atomic mass is 32.2. The normalized spacial score (nSPS) is 22.6. The minimum atomic E-state index is -3.47. The molecule has 20 heavy (non-hydrogen) atoms. The van der Waals surface area contributed by atoms with Crippen LogP contribution in [0.3, 0.4) is 0 Å². The van der Waals surface area contributed by atoms with Crippen molar-refractivity contribution in [1.82, 2.24) is 4.72 Å². The molecule has 0 radical (unpaired) electrons. The Bertz CT molecular complexity index is 607. The van der Waals surface area contributed by atoms with Crippen molar-refractivity contribution < 1.29 is 13.2 Å². The molecule has 0 amide bonds. The van der Waals surface area contributed by atoms with E-state index in [1.54, 1.807) is 31.4 Å². The molecule has 0 bridgehead atoms. The van der Waals surface area contributed by atoms with Crippen LogP contribution in [0, 0.1) is 11.3 Å². The standard InChI is InChI=1S/C14H18N2O3S/c1-19-14-8-4-7-13(14)16-20(17,18)10-12-6-3-2-5-11(12)9-15/h2-3,5-6,13-14,16H,4,7-8,10H2,1H3. The molecular formula is C14H18N2O3S. The average Bonchev–Trinajstić information content (AvgIpc) is 2.85. The van der Waals surface area contributed by atoms with Crippen molar-refractivity contribution in [3.8, 4) is 6.07 Å². The summed E-state index contributed by atoms with van der Waals surface area (Å²) < 4.78 is 32.4. The maximum Gasteiger partial charge on any atom is 0.216 e. The van der Waals surface area contributed by atoms with Gasteiger partial charge in [0.05, 0.1) is 23.5 Å². The van der Waals surface area contributed by atoms with E-state index in [2.05, 4.69) is 4.72 Å². The molecule has 0 aromatic heterocycles. The van der Waals surface area contributed by atoms with Gasteiger partial charge >= 0.3 is 0 Å². The van der Waals surface area contributed by atoms with Crippen LogP contribution in [0.2, 0.25) is 0 Å². The summed E-state index contributed by atoms with van der Waals surface area (Å²) in [6.45, 7) is 0. The summed E-state index contributed by atoms with van der Waals surface area (Å²) >= 11 is 0. The number of nitrogens with one attached hydrogen (secondary N) is 1. The van der Waals surface area contributed by atoms with Crippen molar-refractivity contribution >= 4 is 10.0 Å². The number of ether oxygens (including phenoxy) is 1. The fraction of sp³-hybridized carbons (Fsp3) is 0.500. The summed E-state index contributed by atoms with van der Waals surface area (Å²) in [5.41, 5.74) is 0.919. The van der Waals surface area contributed by atoms with Crippen LogP contribution in [-0.4, -0.2) is 27.7 Å². The second kappa shape index (κ2) is 6.35. The average molecular weight is 294 g/mol. The summed E-state index contributed by atoms with van der Waals surface area (Å²) in [6, 6.07) is 8.60. The Labute approximate surface area is 119 Å². The van der Waals surface area contributed by atoms with E-state index in [1.165, 1.54) is 0 Å². The Morgan fingerprint density at radius 1 is 1.40 bits per heavy atom. The molecule has 108 valence electrons. The first-order valence-electron chi connectivity index (χ1n) is 6.56. The molecule has 0 saturated heterocycles. The fourth-order valence-electron chi connectivity index (χ4n) is 2.58. The van der Waals surface area contributed by atoms with Crippen LogP contribution >= 0.6 is 0 Å². The van der Waals surface area contributed by atoms with E-state index >= 15 is 0 Å². The molecule has 1 fully saturated rings. The van der Waals surface area contributed by atoms with E-state index in [4.69, 9.17) is 10.00 Å². The van der Waals surface area contributed by atoms with Gasteiger partial charge in [0.1, 0.15) is 0 Å². The van der Waals surface area contributed by atoms with E-state index in [-0.39, 0.29) is 17.9 Å². The van der Waals surface area contributed by atoms with Gasteiger partial charge in [-0.1, -0.05) is 18.2 Å². The lowest BCUT2D eigenvalue weighted by atomic mass is 10.1. The third-order valence-corrected chi connectivity index (χ3v) is 4.92. The fourth-order valence-corrected chi connectivity index (χ4v) is 4.05. The SMILES string of the molecule is COC1CCCC1NS(=O)(=O)Cc1ccccc1C#N. The first-order valence-corrected chi connectivity index (χ1v) is 8.22. The summed E-state index contributed by atoms with van der Waals surface area (Å²) in [6.07, 6.45) is 2.56.